The first-order valence-electron chi connectivity index (χ1n) is 6.38. The second-order valence-electron chi connectivity index (χ2n) is 5.62. The molecule has 0 aliphatic heterocycles. The summed E-state index contributed by atoms with van der Waals surface area (Å²) in [4.78, 5) is 21.7. The molecule has 0 unspecified atom stereocenters. The summed E-state index contributed by atoms with van der Waals surface area (Å²) in [5.41, 5.74) is 2.05. The van der Waals surface area contributed by atoms with Crippen LogP contribution in [0.5, 0.6) is 0 Å². The summed E-state index contributed by atoms with van der Waals surface area (Å²) < 4.78 is 0. The molecule has 0 bridgehead atoms. The highest BCUT2D eigenvalue weighted by Gasteiger charge is 2.75. The number of hydrogen-bond acceptors (Lipinski definition) is 2. The molecule has 1 heterocycles. The number of hydrogen-bond donors (Lipinski definition) is 1. The number of nitrogens with zero attached hydrogens (tertiary/aromatic N) is 2. The number of amides is 1. The number of aromatic nitrogens is 2. The Hall–Kier alpha value is -1.84. The Balaban J connectivity index is 1.54. The lowest BCUT2D eigenvalue weighted by atomic mass is 10.2. The van der Waals surface area contributed by atoms with Gasteiger partial charge in [0, 0.05) is 7.05 Å². The summed E-state index contributed by atoms with van der Waals surface area (Å²) in [7, 11) is 1.87. The van der Waals surface area contributed by atoms with Crippen LogP contribution in [0.2, 0.25) is 0 Å². The second kappa shape index (κ2) is 3.13. The third-order valence-corrected chi connectivity index (χ3v) is 4.28. The van der Waals surface area contributed by atoms with Crippen LogP contribution < -0.4 is 0 Å². The normalized spacial score (nSPS) is 27.9. The van der Waals surface area contributed by atoms with E-state index >= 15 is 0 Å². The molecular formula is C14H15N3O. The van der Waals surface area contributed by atoms with Gasteiger partial charge in [0.1, 0.15) is 5.82 Å². The predicted molar refractivity (Wildman–Crippen MR) is 67.7 cm³/mol. The van der Waals surface area contributed by atoms with Crippen LogP contribution in [0.3, 0.4) is 0 Å². The van der Waals surface area contributed by atoms with E-state index in [1.54, 1.807) is 0 Å². The monoisotopic (exact) mass is 241 g/mol. The minimum atomic E-state index is 0.0563. The number of rotatable bonds is 3. The van der Waals surface area contributed by atoms with Gasteiger partial charge in [-0.05, 0) is 30.9 Å². The van der Waals surface area contributed by atoms with Gasteiger partial charge in [-0.3, -0.25) is 4.79 Å². The largest absolute Gasteiger partial charge is 0.340 e. The maximum absolute atomic E-state index is 12.2. The Morgan fingerprint density at radius 1 is 1.50 bits per heavy atom. The summed E-state index contributed by atoms with van der Waals surface area (Å²) in [5.74, 6) is 1.86. The van der Waals surface area contributed by atoms with Gasteiger partial charge in [0.05, 0.1) is 23.0 Å². The zero-order valence-electron chi connectivity index (χ0n) is 10.3. The van der Waals surface area contributed by atoms with Crippen molar-refractivity contribution in [3.63, 3.8) is 0 Å². The topological polar surface area (TPSA) is 49.0 Å². The average molecular weight is 241 g/mol. The number of nitrogens with one attached hydrogen (secondary N) is 1. The molecule has 2 aromatic rings. The molecule has 2 saturated carbocycles. The predicted octanol–water partition coefficient (Wildman–Crippen LogP) is 1.93. The van der Waals surface area contributed by atoms with Crippen molar-refractivity contribution >= 4 is 16.9 Å². The highest BCUT2D eigenvalue weighted by Crippen LogP contribution is 2.75. The van der Waals surface area contributed by atoms with Gasteiger partial charge < -0.3 is 9.88 Å². The van der Waals surface area contributed by atoms with Gasteiger partial charge in [-0.25, -0.2) is 4.98 Å². The molecule has 2 aliphatic carbocycles. The van der Waals surface area contributed by atoms with Crippen molar-refractivity contribution in [3.05, 3.63) is 30.1 Å². The molecule has 92 valence electrons. The van der Waals surface area contributed by atoms with E-state index in [0.717, 1.165) is 29.7 Å². The smallest absolute Gasteiger partial charge is 0.229 e. The van der Waals surface area contributed by atoms with Gasteiger partial charge in [-0.2, -0.15) is 0 Å². The lowest BCUT2D eigenvalue weighted by Crippen LogP contribution is -2.30. The van der Waals surface area contributed by atoms with Crippen molar-refractivity contribution in [1.82, 2.24) is 14.9 Å². The van der Waals surface area contributed by atoms with Gasteiger partial charge in [-0.15, -0.1) is 0 Å². The Morgan fingerprint density at radius 2 is 2.22 bits per heavy atom. The number of para-hydroxylation sites is 2. The number of aromatic amines is 1. The van der Waals surface area contributed by atoms with Crippen LogP contribution >= 0.6 is 0 Å². The second-order valence-corrected chi connectivity index (χ2v) is 5.62. The van der Waals surface area contributed by atoms with Gasteiger partial charge in [0.2, 0.25) is 5.91 Å². The molecule has 1 aromatic heterocycles. The highest BCUT2D eigenvalue weighted by molar-refractivity contribution is 5.89. The zero-order chi connectivity index (χ0) is 12.3. The summed E-state index contributed by atoms with van der Waals surface area (Å²) in [6, 6.07) is 7.94. The SMILES string of the molecule is CN(Cc1nc2ccccc2[nH]1)C(=O)C12CC1C2. The third-order valence-electron chi connectivity index (χ3n) is 4.28. The van der Waals surface area contributed by atoms with Crippen molar-refractivity contribution in [2.75, 3.05) is 7.05 Å². The van der Waals surface area contributed by atoms with Crippen LogP contribution in [0.4, 0.5) is 0 Å². The number of benzene rings is 1. The van der Waals surface area contributed by atoms with Crippen LogP contribution in [0.1, 0.15) is 18.7 Å². The Kier molecular flexibility index (Phi) is 1.76. The molecule has 0 spiro atoms. The Bertz CT molecular complexity index is 606. The number of carbonyl (C=O) groups is 1. The van der Waals surface area contributed by atoms with E-state index in [0.29, 0.717) is 18.4 Å². The molecule has 1 N–H and O–H groups in total. The van der Waals surface area contributed by atoms with E-state index in [9.17, 15) is 4.79 Å². The lowest BCUT2D eigenvalue weighted by molar-refractivity contribution is -0.134. The third kappa shape index (κ3) is 1.32. The fourth-order valence-electron chi connectivity index (χ4n) is 2.81. The molecule has 1 aromatic carbocycles. The maximum atomic E-state index is 12.2. The fourth-order valence-corrected chi connectivity index (χ4v) is 2.81. The minimum absolute atomic E-state index is 0.0563. The van der Waals surface area contributed by atoms with Crippen molar-refractivity contribution in [3.8, 4) is 0 Å². The van der Waals surface area contributed by atoms with Gasteiger partial charge in [0.25, 0.3) is 0 Å². The first kappa shape index (κ1) is 10.1. The standard InChI is InChI=1S/C14H15N3O/c1-17(13(18)14-6-9(14)7-14)8-12-15-10-4-2-3-5-11(10)16-12/h2-5,9H,6-8H2,1H3,(H,15,16). The summed E-state index contributed by atoms with van der Waals surface area (Å²) in [5, 5.41) is 0. The number of imidazole rings is 1. The van der Waals surface area contributed by atoms with Crippen LogP contribution in [-0.4, -0.2) is 27.8 Å². The van der Waals surface area contributed by atoms with E-state index < -0.39 is 0 Å². The molecule has 4 rings (SSSR count). The number of fused-ring (bicyclic) bond motifs is 2. The van der Waals surface area contributed by atoms with Crippen molar-refractivity contribution < 1.29 is 4.79 Å². The maximum Gasteiger partial charge on any atom is 0.229 e. The quantitative estimate of drug-likeness (QED) is 0.892. The molecule has 18 heavy (non-hydrogen) atoms. The Labute approximate surface area is 105 Å². The lowest BCUT2D eigenvalue weighted by Gasteiger charge is -2.17. The Morgan fingerprint density at radius 3 is 2.89 bits per heavy atom. The molecule has 4 heteroatoms. The number of carbonyl (C=O) groups excluding carboxylic acids is 1. The van der Waals surface area contributed by atoms with Gasteiger partial charge in [0.15, 0.2) is 0 Å². The summed E-state index contributed by atoms with van der Waals surface area (Å²) in [6.45, 7) is 0.571. The first-order valence-corrected chi connectivity index (χ1v) is 6.38. The summed E-state index contributed by atoms with van der Waals surface area (Å²) in [6.07, 6.45) is 2.21. The molecule has 0 radical (unpaired) electrons. The van der Waals surface area contributed by atoms with Crippen molar-refractivity contribution in [2.24, 2.45) is 11.3 Å². The molecule has 4 nitrogen and oxygen atoms in total. The fraction of sp³-hybridized carbons (Fsp3) is 0.429. The van der Waals surface area contributed by atoms with E-state index in [2.05, 4.69) is 9.97 Å². The molecule has 0 atom stereocenters. The van der Waals surface area contributed by atoms with Gasteiger partial charge >= 0.3 is 0 Å². The minimum Gasteiger partial charge on any atom is -0.340 e. The molecular weight excluding hydrogens is 226 g/mol. The summed E-state index contributed by atoms with van der Waals surface area (Å²) >= 11 is 0. The van der Waals surface area contributed by atoms with E-state index in [-0.39, 0.29) is 5.41 Å². The molecule has 1 amide bonds. The first-order chi connectivity index (χ1) is 8.69. The number of H-pyrrole nitrogens is 1. The molecule has 2 fully saturated rings. The average Bonchev–Trinajstić information content (AvgIpc) is 3.16. The van der Waals surface area contributed by atoms with Crippen LogP contribution in [0.25, 0.3) is 11.0 Å². The zero-order valence-corrected chi connectivity index (χ0v) is 10.3. The van der Waals surface area contributed by atoms with Crippen LogP contribution in [-0.2, 0) is 11.3 Å². The molecule has 2 aliphatic rings. The van der Waals surface area contributed by atoms with Crippen LogP contribution in [0, 0.1) is 11.3 Å². The van der Waals surface area contributed by atoms with E-state index in [4.69, 9.17) is 0 Å². The van der Waals surface area contributed by atoms with Crippen molar-refractivity contribution in [1.29, 1.82) is 0 Å². The van der Waals surface area contributed by atoms with Gasteiger partial charge in [-0.1, -0.05) is 12.1 Å². The van der Waals surface area contributed by atoms with Crippen molar-refractivity contribution in [2.45, 2.75) is 19.4 Å². The van der Waals surface area contributed by atoms with E-state index in [1.165, 1.54) is 0 Å². The molecule has 0 saturated heterocycles. The van der Waals surface area contributed by atoms with Crippen LogP contribution in [0.15, 0.2) is 24.3 Å². The van der Waals surface area contributed by atoms with E-state index in [1.807, 2.05) is 36.2 Å². The highest BCUT2D eigenvalue weighted by atomic mass is 16.2.